The summed E-state index contributed by atoms with van der Waals surface area (Å²) in [5, 5.41) is 11.9. The van der Waals surface area contributed by atoms with Gasteiger partial charge in [0.2, 0.25) is 5.91 Å². The molecule has 0 unspecified atom stereocenters. The van der Waals surface area contributed by atoms with Gasteiger partial charge in [-0.05, 0) is 50.2 Å². The Hall–Kier alpha value is -3.00. The average molecular weight is 413 g/mol. The topological polar surface area (TPSA) is 78.3 Å². The molecule has 152 valence electrons. The molecule has 0 fully saturated rings. The average Bonchev–Trinajstić information content (AvgIpc) is 3.16. The first-order valence-electron chi connectivity index (χ1n) is 9.25. The Kier molecular flexibility index (Phi) is 6.77. The SMILES string of the molecule is CCn1c(S[C@H](C)C(=O)Nc2ccc(OC)cc2)nnc1-c1ccccc1OC. The van der Waals surface area contributed by atoms with E-state index in [9.17, 15) is 4.79 Å². The lowest BCUT2D eigenvalue weighted by Gasteiger charge is -2.13. The summed E-state index contributed by atoms with van der Waals surface area (Å²) in [6, 6.07) is 14.9. The molecule has 0 radical (unpaired) electrons. The second-order valence-electron chi connectivity index (χ2n) is 6.23. The van der Waals surface area contributed by atoms with Crippen LogP contribution >= 0.6 is 11.8 Å². The van der Waals surface area contributed by atoms with E-state index in [1.165, 1.54) is 11.8 Å². The summed E-state index contributed by atoms with van der Waals surface area (Å²) in [5.74, 6) is 2.08. The molecule has 0 aliphatic carbocycles. The number of para-hydroxylation sites is 1. The minimum atomic E-state index is -0.350. The lowest BCUT2D eigenvalue weighted by Crippen LogP contribution is -2.22. The fourth-order valence-electron chi connectivity index (χ4n) is 2.82. The summed E-state index contributed by atoms with van der Waals surface area (Å²) < 4.78 is 12.6. The molecule has 0 spiro atoms. The van der Waals surface area contributed by atoms with E-state index >= 15 is 0 Å². The first-order valence-corrected chi connectivity index (χ1v) is 10.1. The molecule has 29 heavy (non-hydrogen) atoms. The summed E-state index contributed by atoms with van der Waals surface area (Å²) >= 11 is 1.37. The molecule has 0 saturated heterocycles. The van der Waals surface area contributed by atoms with E-state index in [4.69, 9.17) is 9.47 Å². The van der Waals surface area contributed by atoms with Crippen molar-refractivity contribution in [2.75, 3.05) is 19.5 Å². The Labute approximate surface area is 174 Å². The Morgan fingerprint density at radius 3 is 2.48 bits per heavy atom. The zero-order valence-corrected chi connectivity index (χ0v) is 17.7. The molecule has 0 aliphatic heterocycles. The van der Waals surface area contributed by atoms with E-state index in [1.54, 1.807) is 26.4 Å². The lowest BCUT2D eigenvalue weighted by atomic mass is 10.2. The van der Waals surface area contributed by atoms with Gasteiger partial charge < -0.3 is 19.4 Å². The second kappa shape index (κ2) is 9.47. The van der Waals surface area contributed by atoms with Gasteiger partial charge in [0, 0.05) is 12.2 Å². The van der Waals surface area contributed by atoms with Gasteiger partial charge in [0.05, 0.1) is 25.0 Å². The van der Waals surface area contributed by atoms with Crippen molar-refractivity contribution in [3.63, 3.8) is 0 Å². The van der Waals surface area contributed by atoms with Crippen LogP contribution in [0.2, 0.25) is 0 Å². The number of carbonyl (C=O) groups is 1. The number of nitrogens with one attached hydrogen (secondary N) is 1. The molecule has 8 heteroatoms. The largest absolute Gasteiger partial charge is 0.497 e. The third-order valence-electron chi connectivity index (χ3n) is 4.39. The zero-order valence-electron chi connectivity index (χ0n) is 16.9. The summed E-state index contributed by atoms with van der Waals surface area (Å²) in [6.45, 7) is 4.55. The van der Waals surface area contributed by atoms with E-state index in [0.29, 0.717) is 11.7 Å². The van der Waals surface area contributed by atoms with Gasteiger partial charge in [-0.3, -0.25) is 4.79 Å². The number of methoxy groups -OCH3 is 2. The van der Waals surface area contributed by atoms with Crippen LogP contribution in [-0.4, -0.2) is 40.1 Å². The van der Waals surface area contributed by atoms with E-state index < -0.39 is 0 Å². The Morgan fingerprint density at radius 2 is 1.83 bits per heavy atom. The number of amides is 1. The maximum atomic E-state index is 12.6. The van der Waals surface area contributed by atoms with Gasteiger partial charge in [0.1, 0.15) is 11.5 Å². The number of anilines is 1. The number of carbonyl (C=O) groups excluding carboxylic acids is 1. The summed E-state index contributed by atoms with van der Waals surface area (Å²) in [6.07, 6.45) is 0. The van der Waals surface area contributed by atoms with Gasteiger partial charge in [-0.2, -0.15) is 0 Å². The Bertz CT molecular complexity index is 972. The highest BCUT2D eigenvalue weighted by Crippen LogP contribution is 2.32. The Morgan fingerprint density at radius 1 is 1.10 bits per heavy atom. The summed E-state index contributed by atoms with van der Waals surface area (Å²) in [4.78, 5) is 12.6. The molecule has 1 heterocycles. The van der Waals surface area contributed by atoms with Crippen molar-refractivity contribution in [3.05, 3.63) is 48.5 Å². The van der Waals surface area contributed by atoms with E-state index in [2.05, 4.69) is 15.5 Å². The minimum absolute atomic E-state index is 0.107. The first kappa shape index (κ1) is 20.7. The molecule has 1 amide bonds. The first-order chi connectivity index (χ1) is 14.1. The van der Waals surface area contributed by atoms with E-state index in [0.717, 1.165) is 28.6 Å². The zero-order chi connectivity index (χ0) is 20.8. The van der Waals surface area contributed by atoms with E-state index in [-0.39, 0.29) is 11.2 Å². The maximum Gasteiger partial charge on any atom is 0.237 e. The summed E-state index contributed by atoms with van der Waals surface area (Å²) in [7, 11) is 3.24. The third kappa shape index (κ3) is 4.71. The number of thioether (sulfide) groups is 1. The van der Waals surface area contributed by atoms with Gasteiger partial charge in [0.25, 0.3) is 0 Å². The number of nitrogens with zero attached hydrogens (tertiary/aromatic N) is 3. The van der Waals surface area contributed by atoms with Crippen LogP contribution < -0.4 is 14.8 Å². The number of hydrogen-bond acceptors (Lipinski definition) is 6. The quantitative estimate of drug-likeness (QED) is 0.561. The van der Waals surface area contributed by atoms with Crippen molar-refractivity contribution in [2.45, 2.75) is 30.8 Å². The predicted molar refractivity (Wildman–Crippen MR) is 115 cm³/mol. The standard InChI is InChI=1S/C21H24N4O3S/c1-5-25-19(17-8-6-7-9-18(17)28-4)23-24-21(25)29-14(2)20(26)22-15-10-12-16(27-3)13-11-15/h6-14H,5H2,1-4H3,(H,22,26)/t14-/m1/s1. The molecule has 2 aromatic carbocycles. The van der Waals surface area contributed by atoms with Crippen LogP contribution in [0.1, 0.15) is 13.8 Å². The molecule has 1 atom stereocenters. The maximum absolute atomic E-state index is 12.6. The monoisotopic (exact) mass is 412 g/mol. The normalized spacial score (nSPS) is 11.7. The van der Waals surface area contributed by atoms with Crippen LogP contribution in [-0.2, 0) is 11.3 Å². The summed E-state index contributed by atoms with van der Waals surface area (Å²) in [5.41, 5.74) is 1.58. The van der Waals surface area contributed by atoms with Gasteiger partial charge in [-0.1, -0.05) is 23.9 Å². The van der Waals surface area contributed by atoms with Crippen LogP contribution in [0.5, 0.6) is 11.5 Å². The molecule has 1 N–H and O–H groups in total. The minimum Gasteiger partial charge on any atom is -0.497 e. The molecule has 0 bridgehead atoms. The van der Waals surface area contributed by atoms with Crippen molar-refractivity contribution in [2.24, 2.45) is 0 Å². The fraction of sp³-hybridized carbons (Fsp3) is 0.286. The highest BCUT2D eigenvalue weighted by atomic mass is 32.2. The van der Waals surface area contributed by atoms with Crippen molar-refractivity contribution < 1.29 is 14.3 Å². The van der Waals surface area contributed by atoms with Crippen molar-refractivity contribution in [1.29, 1.82) is 0 Å². The molecular formula is C21H24N4O3S. The molecule has 7 nitrogen and oxygen atoms in total. The van der Waals surface area contributed by atoms with Gasteiger partial charge in [-0.15, -0.1) is 10.2 Å². The highest BCUT2D eigenvalue weighted by molar-refractivity contribution is 8.00. The van der Waals surface area contributed by atoms with Crippen molar-refractivity contribution in [3.8, 4) is 22.9 Å². The number of rotatable bonds is 8. The van der Waals surface area contributed by atoms with Crippen molar-refractivity contribution >= 4 is 23.4 Å². The molecule has 1 aromatic heterocycles. The van der Waals surface area contributed by atoms with Crippen molar-refractivity contribution in [1.82, 2.24) is 14.8 Å². The lowest BCUT2D eigenvalue weighted by molar-refractivity contribution is -0.115. The van der Waals surface area contributed by atoms with Gasteiger partial charge >= 0.3 is 0 Å². The number of hydrogen-bond donors (Lipinski definition) is 1. The smallest absolute Gasteiger partial charge is 0.237 e. The van der Waals surface area contributed by atoms with Crippen LogP contribution in [0, 0.1) is 0 Å². The van der Waals surface area contributed by atoms with Crippen LogP contribution in [0.3, 0.4) is 0 Å². The molecule has 0 saturated carbocycles. The highest BCUT2D eigenvalue weighted by Gasteiger charge is 2.21. The van der Waals surface area contributed by atoms with Crippen LogP contribution in [0.25, 0.3) is 11.4 Å². The van der Waals surface area contributed by atoms with Gasteiger partial charge in [-0.25, -0.2) is 0 Å². The number of ether oxygens (including phenoxy) is 2. The predicted octanol–water partition coefficient (Wildman–Crippen LogP) is 4.10. The Balaban J connectivity index is 1.75. The number of benzene rings is 2. The fourth-order valence-corrected chi connectivity index (χ4v) is 3.73. The van der Waals surface area contributed by atoms with Crippen LogP contribution in [0.4, 0.5) is 5.69 Å². The number of aromatic nitrogens is 3. The van der Waals surface area contributed by atoms with Gasteiger partial charge in [0.15, 0.2) is 11.0 Å². The molecule has 3 aromatic rings. The molecule has 0 aliphatic rings. The van der Waals surface area contributed by atoms with Crippen LogP contribution in [0.15, 0.2) is 53.7 Å². The second-order valence-corrected chi connectivity index (χ2v) is 7.54. The molecular weight excluding hydrogens is 388 g/mol. The molecule has 3 rings (SSSR count). The third-order valence-corrected chi connectivity index (χ3v) is 5.47. The van der Waals surface area contributed by atoms with E-state index in [1.807, 2.05) is 54.8 Å².